The van der Waals surface area contributed by atoms with Crippen LogP contribution in [0.5, 0.6) is 0 Å². The Labute approximate surface area is 170 Å². The monoisotopic (exact) mass is 538 g/mol. The standard InChI is InChI=1S/C6H4BrN3.C4H4BrN3.C4H9BrO2/c7-5-4-10-2-1-8-6(10)3-9-5;5-3-1-8-4(6)2-7-3;1-6-4(3-5)7-2/h1-4H;1-2H,(H2,6,8);4H,3H2,1-2H3. The van der Waals surface area contributed by atoms with Crippen molar-refractivity contribution in [1.29, 1.82) is 0 Å². The van der Waals surface area contributed by atoms with Gasteiger partial charge in [0.2, 0.25) is 0 Å². The van der Waals surface area contributed by atoms with Crippen LogP contribution in [0.15, 0.2) is 46.4 Å². The zero-order valence-corrected chi connectivity index (χ0v) is 18.3. The van der Waals surface area contributed by atoms with E-state index in [2.05, 4.69) is 67.7 Å². The molecule has 136 valence electrons. The predicted molar refractivity (Wildman–Crippen MR) is 106 cm³/mol. The van der Waals surface area contributed by atoms with Crippen molar-refractivity contribution in [3.8, 4) is 0 Å². The number of hydrogen-bond donors (Lipinski definition) is 1. The van der Waals surface area contributed by atoms with Gasteiger partial charge in [-0.2, -0.15) is 0 Å². The number of hydrogen-bond acceptors (Lipinski definition) is 7. The van der Waals surface area contributed by atoms with Gasteiger partial charge in [0.1, 0.15) is 15.0 Å². The molecule has 0 saturated heterocycles. The average Bonchev–Trinajstić information content (AvgIpc) is 3.08. The maximum Gasteiger partial charge on any atom is 0.166 e. The van der Waals surface area contributed by atoms with Crippen molar-refractivity contribution >= 4 is 59.3 Å². The van der Waals surface area contributed by atoms with Gasteiger partial charge in [-0.3, -0.25) is 0 Å². The number of nitrogens with two attached hydrogens (primary N) is 1. The number of rotatable bonds is 3. The first-order valence-electron chi connectivity index (χ1n) is 6.79. The molecule has 0 aliphatic rings. The molecule has 3 aromatic rings. The van der Waals surface area contributed by atoms with Crippen LogP contribution in [0.25, 0.3) is 5.65 Å². The van der Waals surface area contributed by atoms with E-state index in [9.17, 15) is 0 Å². The first kappa shape index (κ1) is 21.9. The van der Waals surface area contributed by atoms with Crippen molar-refractivity contribution in [2.45, 2.75) is 6.29 Å². The van der Waals surface area contributed by atoms with Crippen LogP contribution in [0.2, 0.25) is 0 Å². The summed E-state index contributed by atoms with van der Waals surface area (Å²) in [6.45, 7) is 0. The van der Waals surface area contributed by atoms with E-state index in [1.54, 1.807) is 32.8 Å². The number of imidazole rings is 1. The summed E-state index contributed by atoms with van der Waals surface area (Å²) in [6, 6.07) is 0. The van der Waals surface area contributed by atoms with Crippen molar-refractivity contribution in [1.82, 2.24) is 24.3 Å². The van der Waals surface area contributed by atoms with E-state index in [1.165, 1.54) is 6.20 Å². The third-order valence-corrected chi connectivity index (χ3v) is 3.89. The highest BCUT2D eigenvalue weighted by Crippen LogP contribution is 2.05. The summed E-state index contributed by atoms with van der Waals surface area (Å²) in [4.78, 5) is 15.6. The van der Waals surface area contributed by atoms with Gasteiger partial charge in [-0.1, -0.05) is 15.9 Å². The van der Waals surface area contributed by atoms with E-state index < -0.39 is 0 Å². The topological polar surface area (TPSA) is 100 Å². The summed E-state index contributed by atoms with van der Waals surface area (Å²) in [5, 5.41) is 0.722. The third-order valence-electron chi connectivity index (χ3n) is 2.54. The van der Waals surface area contributed by atoms with E-state index in [1.807, 2.05) is 16.8 Å². The Morgan fingerprint density at radius 3 is 2.20 bits per heavy atom. The van der Waals surface area contributed by atoms with Crippen LogP contribution in [-0.4, -0.2) is 50.2 Å². The molecule has 0 aliphatic heterocycles. The molecule has 8 nitrogen and oxygen atoms in total. The Bertz CT molecular complexity index is 710. The maximum absolute atomic E-state index is 5.23. The number of aromatic nitrogens is 5. The smallest absolute Gasteiger partial charge is 0.166 e. The maximum atomic E-state index is 5.23. The molecule has 3 heterocycles. The van der Waals surface area contributed by atoms with Gasteiger partial charge in [-0.05, 0) is 31.9 Å². The van der Waals surface area contributed by atoms with Gasteiger partial charge < -0.3 is 19.6 Å². The number of fused-ring (bicyclic) bond motifs is 1. The average molecular weight is 541 g/mol. The predicted octanol–water partition coefficient (Wildman–Crippen LogP) is 3.31. The molecule has 0 aromatic carbocycles. The van der Waals surface area contributed by atoms with E-state index in [0.717, 1.165) is 15.6 Å². The number of methoxy groups -OCH3 is 2. The number of ether oxygens (including phenoxy) is 2. The summed E-state index contributed by atoms with van der Waals surface area (Å²) in [5.41, 5.74) is 6.10. The molecule has 25 heavy (non-hydrogen) atoms. The molecule has 0 aliphatic carbocycles. The molecular weight excluding hydrogens is 524 g/mol. The zero-order chi connectivity index (χ0) is 18.7. The molecule has 3 aromatic heterocycles. The first-order chi connectivity index (χ1) is 12.0. The SMILES string of the molecule is Brc1cn2ccnc2cn1.COC(CBr)OC.Nc1cnc(Br)cn1. The molecular formula is C14H17Br3N6O2. The van der Waals surface area contributed by atoms with Crippen LogP contribution in [-0.2, 0) is 9.47 Å². The molecule has 2 N–H and O–H groups in total. The van der Waals surface area contributed by atoms with E-state index in [0.29, 0.717) is 10.4 Å². The Hall–Kier alpha value is -1.14. The van der Waals surface area contributed by atoms with Crippen LogP contribution in [0.4, 0.5) is 5.82 Å². The zero-order valence-electron chi connectivity index (χ0n) is 13.5. The van der Waals surface area contributed by atoms with E-state index in [4.69, 9.17) is 15.2 Å². The highest BCUT2D eigenvalue weighted by molar-refractivity contribution is 9.10. The first-order valence-corrected chi connectivity index (χ1v) is 9.49. The number of nitrogens with zero attached hydrogens (tertiary/aromatic N) is 5. The lowest BCUT2D eigenvalue weighted by molar-refractivity contribution is -0.0834. The fourth-order valence-corrected chi connectivity index (χ4v) is 2.40. The second-order valence-corrected chi connectivity index (χ2v) is 6.49. The minimum Gasteiger partial charge on any atom is -0.382 e. The molecule has 11 heteroatoms. The summed E-state index contributed by atoms with van der Waals surface area (Å²) in [7, 11) is 3.21. The number of anilines is 1. The highest BCUT2D eigenvalue weighted by Gasteiger charge is 1.98. The minimum atomic E-state index is -0.0972. The second-order valence-electron chi connectivity index (χ2n) is 4.22. The molecule has 3 rings (SSSR count). The quantitative estimate of drug-likeness (QED) is 0.402. The molecule has 0 bridgehead atoms. The van der Waals surface area contributed by atoms with Gasteiger partial charge in [-0.25, -0.2) is 19.9 Å². The Kier molecular flexibility index (Phi) is 10.7. The second kappa shape index (κ2) is 12.3. The van der Waals surface area contributed by atoms with Gasteiger partial charge in [0, 0.05) is 32.8 Å². The van der Waals surface area contributed by atoms with Crippen molar-refractivity contribution in [2.24, 2.45) is 0 Å². The Morgan fingerprint density at radius 1 is 1.04 bits per heavy atom. The molecule has 0 saturated carbocycles. The van der Waals surface area contributed by atoms with Crippen LogP contribution in [0.1, 0.15) is 0 Å². The van der Waals surface area contributed by atoms with Crippen molar-refractivity contribution < 1.29 is 9.47 Å². The van der Waals surface area contributed by atoms with Gasteiger partial charge >= 0.3 is 0 Å². The molecule has 0 fully saturated rings. The lowest BCUT2D eigenvalue weighted by atomic mass is 10.7. The van der Waals surface area contributed by atoms with Crippen LogP contribution in [0.3, 0.4) is 0 Å². The lowest BCUT2D eigenvalue weighted by Gasteiger charge is -2.07. The van der Waals surface area contributed by atoms with Crippen LogP contribution in [0, 0.1) is 0 Å². The Morgan fingerprint density at radius 2 is 1.72 bits per heavy atom. The molecule has 0 unspecified atom stereocenters. The molecule has 0 radical (unpaired) electrons. The summed E-state index contributed by atoms with van der Waals surface area (Å²) in [6.07, 6.45) is 10.1. The third kappa shape index (κ3) is 8.68. The van der Waals surface area contributed by atoms with Gasteiger partial charge in [0.05, 0.1) is 23.9 Å². The minimum absolute atomic E-state index is 0.0972. The largest absolute Gasteiger partial charge is 0.382 e. The van der Waals surface area contributed by atoms with Gasteiger partial charge in [-0.15, -0.1) is 0 Å². The van der Waals surface area contributed by atoms with Crippen molar-refractivity contribution in [2.75, 3.05) is 25.3 Å². The van der Waals surface area contributed by atoms with Gasteiger partial charge in [0.15, 0.2) is 11.9 Å². The van der Waals surface area contributed by atoms with Crippen molar-refractivity contribution in [3.63, 3.8) is 0 Å². The van der Waals surface area contributed by atoms with Gasteiger partial charge in [0.25, 0.3) is 0 Å². The number of nitrogen functional groups attached to an aromatic ring is 1. The molecule has 0 atom stereocenters. The van der Waals surface area contributed by atoms with E-state index in [-0.39, 0.29) is 6.29 Å². The number of alkyl halides is 1. The summed E-state index contributed by atoms with van der Waals surface area (Å²) < 4.78 is 13.0. The molecule has 0 amide bonds. The number of halogens is 3. The summed E-state index contributed by atoms with van der Waals surface area (Å²) in [5.74, 6) is 0.438. The summed E-state index contributed by atoms with van der Waals surface area (Å²) >= 11 is 9.56. The Balaban J connectivity index is 0.000000192. The lowest BCUT2D eigenvalue weighted by Crippen LogP contribution is -2.13. The van der Waals surface area contributed by atoms with Crippen LogP contribution >= 0.6 is 47.8 Å². The van der Waals surface area contributed by atoms with Crippen molar-refractivity contribution in [3.05, 3.63) is 46.4 Å². The fourth-order valence-electron chi connectivity index (χ4n) is 1.35. The normalized spacial score (nSPS) is 10.0. The molecule has 0 spiro atoms. The highest BCUT2D eigenvalue weighted by atomic mass is 79.9. The van der Waals surface area contributed by atoms with Crippen LogP contribution < -0.4 is 5.73 Å². The fraction of sp³-hybridized carbons (Fsp3) is 0.286. The van der Waals surface area contributed by atoms with E-state index >= 15 is 0 Å².